The van der Waals surface area contributed by atoms with E-state index in [1.807, 2.05) is 13.8 Å². The molecular formula is C12H17FO2. The van der Waals surface area contributed by atoms with Gasteiger partial charge >= 0.3 is 0 Å². The van der Waals surface area contributed by atoms with Gasteiger partial charge in [0.1, 0.15) is 17.7 Å². The maximum absolute atomic E-state index is 12.9. The topological polar surface area (TPSA) is 29.5 Å². The monoisotopic (exact) mass is 212 g/mol. The molecule has 0 saturated heterocycles. The van der Waals surface area contributed by atoms with Crippen LogP contribution in [0.5, 0.6) is 5.75 Å². The van der Waals surface area contributed by atoms with Gasteiger partial charge in [-0.3, -0.25) is 0 Å². The molecule has 0 amide bonds. The molecule has 1 aromatic rings. The smallest absolute Gasteiger partial charge is 0.126 e. The molecule has 0 spiro atoms. The third-order valence-corrected chi connectivity index (χ3v) is 2.42. The van der Waals surface area contributed by atoms with Crippen molar-refractivity contribution in [3.8, 4) is 5.75 Å². The summed E-state index contributed by atoms with van der Waals surface area (Å²) in [5.74, 6) is 0.170. The Kier molecular flexibility index (Phi) is 4.09. The number of hydrogen-bond acceptors (Lipinski definition) is 2. The molecule has 0 bridgehead atoms. The summed E-state index contributed by atoms with van der Waals surface area (Å²) in [6.07, 6.45) is -0.224. The lowest BCUT2D eigenvalue weighted by atomic mass is 10.1. The van der Waals surface area contributed by atoms with Gasteiger partial charge in [0.2, 0.25) is 0 Å². The molecule has 1 rings (SSSR count). The average molecular weight is 212 g/mol. The van der Waals surface area contributed by atoms with E-state index in [1.54, 1.807) is 13.0 Å². The molecule has 0 heterocycles. The minimum Gasteiger partial charge on any atom is -0.488 e. The molecular weight excluding hydrogens is 195 g/mol. The standard InChI is InChI=1S/C12H17FO2/c1-4-11(14)9(3)15-12-7-10(13)6-5-8(12)2/h5-7,9,11,14H,4H2,1-3H3. The van der Waals surface area contributed by atoms with Crippen LogP contribution in [0.3, 0.4) is 0 Å². The Morgan fingerprint density at radius 2 is 2.13 bits per heavy atom. The molecule has 0 radical (unpaired) electrons. The van der Waals surface area contributed by atoms with Gasteiger partial charge < -0.3 is 9.84 Å². The summed E-state index contributed by atoms with van der Waals surface area (Å²) in [4.78, 5) is 0. The summed E-state index contributed by atoms with van der Waals surface area (Å²) in [5.41, 5.74) is 0.867. The molecule has 0 aliphatic rings. The summed E-state index contributed by atoms with van der Waals surface area (Å²) in [7, 11) is 0. The first-order valence-corrected chi connectivity index (χ1v) is 5.15. The lowest BCUT2D eigenvalue weighted by molar-refractivity contribution is 0.0445. The number of aliphatic hydroxyl groups excluding tert-OH is 1. The van der Waals surface area contributed by atoms with Crippen molar-refractivity contribution in [1.29, 1.82) is 0 Å². The number of hydrogen-bond donors (Lipinski definition) is 1. The predicted molar refractivity (Wildman–Crippen MR) is 57.5 cm³/mol. The number of halogens is 1. The third-order valence-electron chi connectivity index (χ3n) is 2.42. The Morgan fingerprint density at radius 3 is 2.73 bits per heavy atom. The summed E-state index contributed by atoms with van der Waals surface area (Å²) in [6, 6.07) is 4.40. The van der Waals surface area contributed by atoms with Crippen LogP contribution in [0.1, 0.15) is 25.8 Å². The van der Waals surface area contributed by atoms with Crippen LogP contribution in [0.15, 0.2) is 18.2 Å². The maximum atomic E-state index is 12.9. The number of rotatable bonds is 4. The van der Waals surface area contributed by atoms with Gasteiger partial charge in [-0.05, 0) is 31.9 Å². The second-order valence-corrected chi connectivity index (χ2v) is 3.71. The number of aliphatic hydroxyl groups is 1. The second kappa shape index (κ2) is 5.12. The number of ether oxygens (including phenoxy) is 1. The molecule has 0 aliphatic heterocycles. The Morgan fingerprint density at radius 1 is 1.47 bits per heavy atom. The van der Waals surface area contributed by atoms with Crippen molar-refractivity contribution in [3.63, 3.8) is 0 Å². The van der Waals surface area contributed by atoms with Crippen LogP contribution in [0.4, 0.5) is 4.39 Å². The van der Waals surface area contributed by atoms with E-state index in [0.717, 1.165) is 5.56 Å². The quantitative estimate of drug-likeness (QED) is 0.831. The maximum Gasteiger partial charge on any atom is 0.126 e. The van der Waals surface area contributed by atoms with Crippen molar-refractivity contribution in [2.24, 2.45) is 0 Å². The lowest BCUT2D eigenvalue weighted by Gasteiger charge is -2.20. The minimum atomic E-state index is -0.521. The van der Waals surface area contributed by atoms with E-state index in [0.29, 0.717) is 12.2 Å². The van der Waals surface area contributed by atoms with Crippen LogP contribution >= 0.6 is 0 Å². The van der Waals surface area contributed by atoms with Gasteiger partial charge in [-0.2, -0.15) is 0 Å². The number of benzene rings is 1. The highest BCUT2D eigenvalue weighted by Crippen LogP contribution is 2.21. The van der Waals surface area contributed by atoms with E-state index in [2.05, 4.69) is 0 Å². The van der Waals surface area contributed by atoms with Gasteiger partial charge in [-0.15, -0.1) is 0 Å². The van der Waals surface area contributed by atoms with E-state index in [9.17, 15) is 9.50 Å². The first-order valence-electron chi connectivity index (χ1n) is 5.15. The molecule has 3 heteroatoms. The fourth-order valence-electron chi connectivity index (χ4n) is 1.31. The molecule has 0 aliphatic carbocycles. The second-order valence-electron chi connectivity index (χ2n) is 3.71. The van der Waals surface area contributed by atoms with E-state index in [4.69, 9.17) is 4.74 Å². The first-order chi connectivity index (χ1) is 7.04. The molecule has 2 atom stereocenters. The Labute approximate surface area is 89.7 Å². The van der Waals surface area contributed by atoms with Crippen LogP contribution in [-0.4, -0.2) is 17.3 Å². The van der Waals surface area contributed by atoms with Crippen molar-refractivity contribution in [1.82, 2.24) is 0 Å². The Hall–Kier alpha value is -1.09. The average Bonchev–Trinajstić information content (AvgIpc) is 2.22. The predicted octanol–water partition coefficient (Wildman–Crippen LogP) is 2.67. The van der Waals surface area contributed by atoms with Crippen molar-refractivity contribution < 1.29 is 14.2 Å². The summed E-state index contributed by atoms with van der Waals surface area (Å²) in [5, 5.41) is 9.53. The molecule has 0 saturated carbocycles. The van der Waals surface area contributed by atoms with Gasteiger partial charge in [0.15, 0.2) is 0 Å². The van der Waals surface area contributed by atoms with E-state index >= 15 is 0 Å². The van der Waals surface area contributed by atoms with Crippen LogP contribution in [0.25, 0.3) is 0 Å². The van der Waals surface area contributed by atoms with Gasteiger partial charge in [-0.1, -0.05) is 13.0 Å². The summed E-state index contributed by atoms with van der Waals surface area (Å²) < 4.78 is 18.4. The molecule has 15 heavy (non-hydrogen) atoms. The fraction of sp³-hybridized carbons (Fsp3) is 0.500. The summed E-state index contributed by atoms with van der Waals surface area (Å²) >= 11 is 0. The highest BCUT2D eigenvalue weighted by molar-refractivity contribution is 5.32. The minimum absolute atomic E-state index is 0.324. The lowest BCUT2D eigenvalue weighted by Crippen LogP contribution is -2.28. The Balaban J connectivity index is 2.75. The van der Waals surface area contributed by atoms with Crippen LogP contribution in [0.2, 0.25) is 0 Å². The molecule has 1 aromatic carbocycles. The fourth-order valence-corrected chi connectivity index (χ4v) is 1.31. The van der Waals surface area contributed by atoms with Crippen LogP contribution in [-0.2, 0) is 0 Å². The Bertz CT molecular complexity index is 325. The molecule has 0 fully saturated rings. The van der Waals surface area contributed by atoms with Gasteiger partial charge in [0.05, 0.1) is 6.10 Å². The zero-order chi connectivity index (χ0) is 11.4. The zero-order valence-corrected chi connectivity index (χ0v) is 9.33. The summed E-state index contributed by atoms with van der Waals surface area (Å²) in [6.45, 7) is 5.50. The third kappa shape index (κ3) is 3.20. The molecule has 2 nitrogen and oxygen atoms in total. The highest BCUT2D eigenvalue weighted by Gasteiger charge is 2.14. The first kappa shape index (κ1) is 12.0. The van der Waals surface area contributed by atoms with E-state index in [1.165, 1.54) is 12.1 Å². The van der Waals surface area contributed by atoms with Crippen molar-refractivity contribution >= 4 is 0 Å². The van der Waals surface area contributed by atoms with Crippen molar-refractivity contribution in [3.05, 3.63) is 29.6 Å². The van der Waals surface area contributed by atoms with Crippen LogP contribution < -0.4 is 4.74 Å². The van der Waals surface area contributed by atoms with Gasteiger partial charge in [0, 0.05) is 6.07 Å². The van der Waals surface area contributed by atoms with E-state index < -0.39 is 6.10 Å². The van der Waals surface area contributed by atoms with Crippen molar-refractivity contribution in [2.45, 2.75) is 39.4 Å². The van der Waals surface area contributed by atoms with E-state index in [-0.39, 0.29) is 11.9 Å². The molecule has 1 N–H and O–H groups in total. The van der Waals surface area contributed by atoms with Crippen molar-refractivity contribution in [2.75, 3.05) is 0 Å². The largest absolute Gasteiger partial charge is 0.488 e. The molecule has 2 unspecified atom stereocenters. The van der Waals surface area contributed by atoms with Crippen LogP contribution in [0, 0.1) is 12.7 Å². The zero-order valence-electron chi connectivity index (χ0n) is 9.33. The molecule has 84 valence electrons. The van der Waals surface area contributed by atoms with Gasteiger partial charge in [0.25, 0.3) is 0 Å². The SMILES string of the molecule is CCC(O)C(C)Oc1cc(F)ccc1C. The number of aryl methyl sites for hydroxylation is 1. The molecule has 0 aromatic heterocycles. The normalized spacial score (nSPS) is 14.7. The highest BCUT2D eigenvalue weighted by atomic mass is 19.1. The van der Waals surface area contributed by atoms with Gasteiger partial charge in [-0.25, -0.2) is 4.39 Å².